The zero-order valence-corrected chi connectivity index (χ0v) is 38.9. The standard InChI is InChI=1S/C68H45NO/c1-67(2)58-26-12-7-22-51(58)52-36-33-45(41-63(52)67)69(43-32-35-49-53-23-10-15-29-64(53)70-65-30-16-11-24-54(65)56(49)39-43)44-34-38-61-57(40-44)48-20-6-5-19-47(48)50-21-8-13-27-59(50)68(61)60-28-14-9-25-55(60)66-46-18-4-3-17-42(46)31-37-62(66)68/h3-41H,1-2H3. The maximum atomic E-state index is 6.70. The second-order valence-corrected chi connectivity index (χ2v) is 19.9. The minimum atomic E-state index is -0.602. The number of rotatable bonds is 3. The van der Waals surface area contributed by atoms with Crippen molar-refractivity contribution < 1.29 is 4.74 Å². The minimum Gasteiger partial charge on any atom is -0.456 e. The van der Waals surface area contributed by atoms with Crippen LogP contribution in [0.1, 0.15) is 47.2 Å². The Hall–Kier alpha value is -8.72. The first kappa shape index (κ1) is 39.3. The predicted octanol–water partition coefficient (Wildman–Crippen LogP) is 18.1. The van der Waals surface area contributed by atoms with E-state index in [1.807, 2.05) is 0 Å². The molecule has 0 aromatic heterocycles. The van der Waals surface area contributed by atoms with Gasteiger partial charge in [0.15, 0.2) is 0 Å². The molecule has 0 bridgehead atoms. The van der Waals surface area contributed by atoms with E-state index in [4.69, 9.17) is 4.74 Å². The number of hydrogen-bond donors (Lipinski definition) is 0. The second kappa shape index (κ2) is 14.4. The molecule has 0 amide bonds. The fraction of sp³-hybridized carbons (Fsp3) is 0.0588. The Labute approximate surface area is 408 Å². The van der Waals surface area contributed by atoms with Gasteiger partial charge in [-0.25, -0.2) is 0 Å². The van der Waals surface area contributed by atoms with Gasteiger partial charge in [-0.05, 0) is 148 Å². The third-order valence-electron chi connectivity index (χ3n) is 16.1. The highest BCUT2D eigenvalue weighted by Crippen LogP contribution is 2.63. The Morgan fingerprint density at radius 2 is 0.743 bits per heavy atom. The Bertz CT molecular complexity index is 4040. The summed E-state index contributed by atoms with van der Waals surface area (Å²) in [5, 5.41) is 2.54. The summed E-state index contributed by atoms with van der Waals surface area (Å²) in [5.74, 6) is 1.71. The van der Waals surface area contributed by atoms with Crippen LogP contribution in [0.15, 0.2) is 237 Å². The molecular weight excluding hydrogens is 847 g/mol. The lowest BCUT2D eigenvalue weighted by atomic mass is 9.65. The molecule has 3 aliphatic carbocycles. The van der Waals surface area contributed by atoms with Gasteiger partial charge in [0.1, 0.15) is 11.5 Å². The number of nitrogens with zero attached hydrogens (tertiary/aromatic N) is 1. The van der Waals surface area contributed by atoms with Crippen molar-refractivity contribution in [3.63, 3.8) is 0 Å². The van der Waals surface area contributed by atoms with E-state index < -0.39 is 5.41 Å². The first-order chi connectivity index (χ1) is 34.5. The number of fused-ring (bicyclic) bond motifs is 22. The van der Waals surface area contributed by atoms with Gasteiger partial charge in [0.25, 0.3) is 0 Å². The van der Waals surface area contributed by atoms with Gasteiger partial charge in [-0.3, -0.25) is 0 Å². The molecule has 70 heavy (non-hydrogen) atoms. The van der Waals surface area contributed by atoms with Gasteiger partial charge in [0.2, 0.25) is 0 Å². The quantitative estimate of drug-likeness (QED) is 0.175. The van der Waals surface area contributed by atoms with Gasteiger partial charge < -0.3 is 9.64 Å². The molecule has 0 radical (unpaired) electrons. The monoisotopic (exact) mass is 891 g/mol. The number of anilines is 3. The minimum absolute atomic E-state index is 0.181. The summed E-state index contributed by atoms with van der Waals surface area (Å²) in [4.78, 5) is 2.50. The molecule has 11 aromatic carbocycles. The smallest absolute Gasteiger partial charge is 0.135 e. The van der Waals surface area contributed by atoms with Gasteiger partial charge in [0, 0.05) is 33.6 Å². The largest absolute Gasteiger partial charge is 0.456 e. The summed E-state index contributed by atoms with van der Waals surface area (Å²) in [6, 6.07) is 88.4. The number of hydrogen-bond acceptors (Lipinski definition) is 2. The van der Waals surface area contributed by atoms with Crippen LogP contribution in [0.4, 0.5) is 17.1 Å². The van der Waals surface area contributed by atoms with Gasteiger partial charge >= 0.3 is 0 Å². The first-order valence-corrected chi connectivity index (χ1v) is 24.5. The third-order valence-corrected chi connectivity index (χ3v) is 16.1. The molecule has 1 unspecified atom stereocenters. The van der Waals surface area contributed by atoms with Gasteiger partial charge in [0.05, 0.1) is 5.41 Å². The van der Waals surface area contributed by atoms with Crippen LogP contribution in [0.25, 0.3) is 77.5 Å². The Morgan fingerprint density at radius 1 is 0.300 bits per heavy atom. The van der Waals surface area contributed by atoms with E-state index >= 15 is 0 Å². The van der Waals surface area contributed by atoms with Gasteiger partial charge in [-0.2, -0.15) is 0 Å². The molecule has 0 saturated heterocycles. The van der Waals surface area contributed by atoms with E-state index in [0.717, 1.165) is 50.8 Å². The van der Waals surface area contributed by atoms with Crippen LogP contribution in [0.2, 0.25) is 0 Å². The van der Waals surface area contributed by atoms with Crippen molar-refractivity contribution in [1.29, 1.82) is 0 Å². The van der Waals surface area contributed by atoms with Crippen LogP contribution in [0.3, 0.4) is 0 Å². The van der Waals surface area contributed by atoms with Crippen LogP contribution in [0, 0.1) is 0 Å². The van der Waals surface area contributed by atoms with E-state index in [2.05, 4.69) is 255 Å². The Morgan fingerprint density at radius 3 is 1.47 bits per heavy atom. The molecule has 0 N–H and O–H groups in total. The summed E-state index contributed by atoms with van der Waals surface area (Å²) < 4.78 is 6.70. The van der Waals surface area contributed by atoms with E-state index in [1.165, 1.54) is 88.7 Å². The highest BCUT2D eigenvalue weighted by molar-refractivity contribution is 6.07. The van der Waals surface area contributed by atoms with Crippen molar-refractivity contribution in [2.75, 3.05) is 4.90 Å². The molecule has 328 valence electrons. The molecule has 15 rings (SSSR count). The van der Waals surface area contributed by atoms with E-state index in [9.17, 15) is 0 Å². The highest BCUT2D eigenvalue weighted by Gasteiger charge is 2.50. The fourth-order valence-corrected chi connectivity index (χ4v) is 13.1. The molecule has 1 heterocycles. The van der Waals surface area contributed by atoms with E-state index in [1.54, 1.807) is 0 Å². The molecule has 4 aliphatic rings. The van der Waals surface area contributed by atoms with Crippen LogP contribution < -0.4 is 9.64 Å². The maximum Gasteiger partial charge on any atom is 0.135 e. The highest BCUT2D eigenvalue weighted by atomic mass is 16.5. The number of ether oxygens (including phenoxy) is 1. The zero-order chi connectivity index (χ0) is 46.3. The lowest BCUT2D eigenvalue weighted by Gasteiger charge is -2.36. The molecule has 1 aliphatic heterocycles. The van der Waals surface area contributed by atoms with E-state index in [-0.39, 0.29) is 5.41 Å². The first-order valence-electron chi connectivity index (χ1n) is 24.5. The Kier molecular flexibility index (Phi) is 8.08. The number of benzene rings is 11. The normalized spacial score (nSPS) is 15.6. The van der Waals surface area contributed by atoms with E-state index in [0.29, 0.717) is 0 Å². The van der Waals surface area contributed by atoms with Crippen LogP contribution in [0.5, 0.6) is 11.5 Å². The number of para-hydroxylation sites is 2. The van der Waals surface area contributed by atoms with Crippen LogP contribution >= 0.6 is 0 Å². The van der Waals surface area contributed by atoms with Crippen molar-refractivity contribution in [2.45, 2.75) is 24.7 Å². The topological polar surface area (TPSA) is 12.5 Å². The Balaban J connectivity index is 1.03. The molecule has 0 saturated carbocycles. The SMILES string of the molecule is CC1(C)c2ccccc2-c2ccc(N(c3ccc4c(c3)-c3ccccc3Oc3ccccc3-4)c3ccc4c(c3)-c3ccccc3-c3ccccc3C43c4ccccc4-c4c3ccc3ccccc43)cc21. The van der Waals surface area contributed by atoms with Crippen LogP contribution in [-0.4, -0.2) is 0 Å². The summed E-state index contributed by atoms with van der Waals surface area (Å²) in [5.41, 5.74) is 25.1. The molecule has 11 aromatic rings. The predicted molar refractivity (Wildman–Crippen MR) is 289 cm³/mol. The summed E-state index contributed by atoms with van der Waals surface area (Å²) in [6.45, 7) is 4.75. The molecule has 0 fully saturated rings. The average Bonchev–Trinajstić information content (AvgIpc) is 3.74. The molecule has 2 heteroatoms. The second-order valence-electron chi connectivity index (χ2n) is 19.9. The van der Waals surface area contributed by atoms with Gasteiger partial charge in [-0.1, -0.05) is 202 Å². The molecular formula is C68H45NO. The zero-order valence-electron chi connectivity index (χ0n) is 38.9. The van der Waals surface area contributed by atoms with Crippen molar-refractivity contribution in [1.82, 2.24) is 0 Å². The maximum absolute atomic E-state index is 6.70. The van der Waals surface area contributed by atoms with Crippen molar-refractivity contribution >= 4 is 27.8 Å². The molecule has 1 atom stereocenters. The van der Waals surface area contributed by atoms with Crippen molar-refractivity contribution in [3.8, 4) is 78.3 Å². The fourth-order valence-electron chi connectivity index (χ4n) is 13.1. The van der Waals surface area contributed by atoms with Crippen LogP contribution in [-0.2, 0) is 10.8 Å². The molecule has 2 nitrogen and oxygen atoms in total. The van der Waals surface area contributed by atoms with Gasteiger partial charge in [-0.15, -0.1) is 0 Å². The summed E-state index contributed by atoms with van der Waals surface area (Å²) in [6.07, 6.45) is 0. The summed E-state index contributed by atoms with van der Waals surface area (Å²) >= 11 is 0. The lowest BCUT2D eigenvalue weighted by molar-refractivity contribution is 0.488. The van der Waals surface area contributed by atoms with Crippen molar-refractivity contribution in [2.24, 2.45) is 0 Å². The third kappa shape index (κ3) is 5.23. The summed E-state index contributed by atoms with van der Waals surface area (Å²) in [7, 11) is 0. The average molecular weight is 892 g/mol. The van der Waals surface area contributed by atoms with Crippen molar-refractivity contribution in [3.05, 3.63) is 270 Å². The molecule has 1 spiro atoms. The lowest BCUT2D eigenvalue weighted by Crippen LogP contribution is -2.29.